The summed E-state index contributed by atoms with van der Waals surface area (Å²) in [6, 6.07) is 5.10. The Morgan fingerprint density at radius 1 is 1.23 bits per heavy atom. The summed E-state index contributed by atoms with van der Waals surface area (Å²) in [5.74, 6) is -0.384. The number of benzene rings is 1. The number of hydrogen-bond donors (Lipinski definition) is 2. The minimum atomic E-state index is -0.603. The van der Waals surface area contributed by atoms with Crippen molar-refractivity contribution in [2.45, 2.75) is 33.4 Å². The van der Waals surface area contributed by atoms with Crippen LogP contribution in [0.2, 0.25) is 5.02 Å². The van der Waals surface area contributed by atoms with Crippen LogP contribution in [0.5, 0.6) is 0 Å². The van der Waals surface area contributed by atoms with E-state index in [1.807, 2.05) is 13.8 Å². The Kier molecular flexibility index (Phi) is 6.84. The van der Waals surface area contributed by atoms with Crippen molar-refractivity contribution in [3.8, 4) is 0 Å². The fourth-order valence-corrected chi connectivity index (χ4v) is 3.56. The van der Waals surface area contributed by atoms with Crippen molar-refractivity contribution in [1.82, 2.24) is 9.13 Å². The standard InChI is InChI=1S/C20H26ClN5O4/c1-3-6-25-18(22)17(24-7-9-30-10-8-24)19(28)26(20(25)29)12-16(27)23-14-5-4-13(2)15(21)11-14/h4-5,11H,3,6-10,12,22H2,1-2H3,(H,23,27). The SMILES string of the molecule is CCCn1c(N)c(N2CCOCC2)c(=O)n(CC(=O)Nc2ccc(C)c(Cl)c2)c1=O. The summed E-state index contributed by atoms with van der Waals surface area (Å²) in [6.07, 6.45) is 0.652. The molecule has 2 aromatic rings. The number of anilines is 3. The first-order valence-electron chi connectivity index (χ1n) is 9.85. The molecule has 0 radical (unpaired) electrons. The molecule has 1 saturated heterocycles. The second-order valence-corrected chi connectivity index (χ2v) is 7.58. The van der Waals surface area contributed by atoms with Gasteiger partial charge in [0.05, 0.1) is 13.2 Å². The molecule has 1 amide bonds. The van der Waals surface area contributed by atoms with E-state index in [0.717, 1.165) is 10.1 Å². The molecule has 9 nitrogen and oxygen atoms in total. The summed E-state index contributed by atoms with van der Waals surface area (Å²) >= 11 is 6.10. The number of nitrogen functional groups attached to an aromatic ring is 1. The molecule has 10 heteroatoms. The van der Waals surface area contributed by atoms with Crippen molar-refractivity contribution >= 4 is 34.7 Å². The van der Waals surface area contributed by atoms with Crippen LogP contribution in [-0.4, -0.2) is 41.3 Å². The van der Waals surface area contributed by atoms with Gasteiger partial charge in [-0.1, -0.05) is 24.6 Å². The Balaban J connectivity index is 1.97. The number of carbonyl (C=O) groups excluding carboxylic acids is 1. The third-order valence-corrected chi connectivity index (χ3v) is 5.38. The van der Waals surface area contributed by atoms with Crippen LogP contribution >= 0.6 is 11.6 Å². The van der Waals surface area contributed by atoms with Gasteiger partial charge in [0.25, 0.3) is 5.56 Å². The van der Waals surface area contributed by atoms with Gasteiger partial charge in [0.15, 0.2) is 0 Å². The van der Waals surface area contributed by atoms with Gasteiger partial charge in [-0.3, -0.25) is 14.2 Å². The van der Waals surface area contributed by atoms with Gasteiger partial charge in [0, 0.05) is 30.3 Å². The lowest BCUT2D eigenvalue weighted by molar-refractivity contribution is -0.116. The van der Waals surface area contributed by atoms with Gasteiger partial charge >= 0.3 is 5.69 Å². The highest BCUT2D eigenvalue weighted by Gasteiger charge is 2.24. The Hall–Kier alpha value is -2.78. The molecule has 0 spiro atoms. The third kappa shape index (κ3) is 4.52. The number of nitrogens with two attached hydrogens (primary N) is 1. The maximum Gasteiger partial charge on any atom is 0.333 e. The molecule has 1 aliphatic rings. The number of halogens is 1. The Morgan fingerprint density at radius 2 is 1.93 bits per heavy atom. The second-order valence-electron chi connectivity index (χ2n) is 7.17. The minimum absolute atomic E-state index is 0.121. The first-order chi connectivity index (χ1) is 14.3. The molecule has 1 aromatic heterocycles. The van der Waals surface area contributed by atoms with E-state index in [2.05, 4.69) is 5.32 Å². The molecule has 2 heterocycles. The number of ether oxygens (including phenoxy) is 1. The molecule has 3 N–H and O–H groups in total. The predicted octanol–water partition coefficient (Wildman–Crippen LogP) is 1.44. The van der Waals surface area contributed by atoms with Gasteiger partial charge in [-0.05, 0) is 31.0 Å². The van der Waals surface area contributed by atoms with E-state index in [1.165, 1.54) is 4.57 Å². The summed E-state index contributed by atoms with van der Waals surface area (Å²) in [4.78, 5) is 40.5. The number of aryl methyl sites for hydroxylation is 1. The van der Waals surface area contributed by atoms with Crippen LogP contribution in [0.15, 0.2) is 27.8 Å². The van der Waals surface area contributed by atoms with E-state index >= 15 is 0 Å². The van der Waals surface area contributed by atoms with E-state index in [0.29, 0.717) is 50.0 Å². The average molecular weight is 436 g/mol. The lowest BCUT2D eigenvalue weighted by Gasteiger charge is -2.30. The van der Waals surface area contributed by atoms with E-state index in [1.54, 1.807) is 23.1 Å². The summed E-state index contributed by atoms with van der Waals surface area (Å²) in [5.41, 5.74) is 6.62. The van der Waals surface area contributed by atoms with E-state index in [4.69, 9.17) is 22.1 Å². The molecular weight excluding hydrogens is 410 g/mol. The normalized spacial score (nSPS) is 14.0. The number of aromatic nitrogens is 2. The molecule has 3 rings (SSSR count). The summed E-state index contributed by atoms with van der Waals surface area (Å²) in [5, 5.41) is 3.19. The predicted molar refractivity (Wildman–Crippen MR) is 118 cm³/mol. The van der Waals surface area contributed by atoms with Crippen molar-refractivity contribution in [2.24, 2.45) is 0 Å². The van der Waals surface area contributed by atoms with Crippen LogP contribution in [0.4, 0.5) is 17.2 Å². The average Bonchev–Trinajstić information content (AvgIpc) is 2.72. The number of nitrogens with zero attached hydrogens (tertiary/aromatic N) is 3. The first kappa shape index (κ1) is 21.9. The molecule has 0 bridgehead atoms. The highest BCUT2D eigenvalue weighted by atomic mass is 35.5. The van der Waals surface area contributed by atoms with Crippen LogP contribution < -0.4 is 27.2 Å². The van der Waals surface area contributed by atoms with Crippen molar-refractivity contribution in [1.29, 1.82) is 0 Å². The Labute approximate surface area is 179 Å². The summed E-state index contributed by atoms with van der Waals surface area (Å²) in [7, 11) is 0. The van der Waals surface area contributed by atoms with Crippen LogP contribution in [0.3, 0.4) is 0 Å². The number of nitrogens with one attached hydrogen (secondary N) is 1. The largest absolute Gasteiger partial charge is 0.383 e. The van der Waals surface area contributed by atoms with Crippen LogP contribution in [0.25, 0.3) is 0 Å². The molecule has 30 heavy (non-hydrogen) atoms. The van der Waals surface area contributed by atoms with Gasteiger partial charge < -0.3 is 20.7 Å². The van der Waals surface area contributed by atoms with Crippen molar-refractivity contribution in [3.05, 3.63) is 49.6 Å². The molecule has 1 fully saturated rings. The molecule has 0 saturated carbocycles. The zero-order valence-electron chi connectivity index (χ0n) is 17.1. The minimum Gasteiger partial charge on any atom is -0.383 e. The Bertz CT molecular complexity index is 1060. The molecular formula is C20H26ClN5O4. The van der Waals surface area contributed by atoms with Gasteiger partial charge in [0.1, 0.15) is 18.1 Å². The lowest BCUT2D eigenvalue weighted by atomic mass is 10.2. The van der Waals surface area contributed by atoms with Crippen LogP contribution in [0, 0.1) is 6.92 Å². The monoisotopic (exact) mass is 435 g/mol. The molecule has 162 valence electrons. The van der Waals surface area contributed by atoms with Gasteiger partial charge in [-0.25, -0.2) is 9.36 Å². The summed E-state index contributed by atoms with van der Waals surface area (Å²) in [6.45, 7) is 5.56. The fraction of sp³-hybridized carbons (Fsp3) is 0.450. The molecule has 0 unspecified atom stereocenters. The number of amides is 1. The lowest BCUT2D eigenvalue weighted by Crippen LogP contribution is -2.48. The third-order valence-electron chi connectivity index (χ3n) is 4.97. The van der Waals surface area contributed by atoms with Gasteiger partial charge in [-0.2, -0.15) is 0 Å². The van der Waals surface area contributed by atoms with Crippen LogP contribution in [-0.2, 0) is 22.6 Å². The van der Waals surface area contributed by atoms with Gasteiger partial charge in [0.2, 0.25) is 5.91 Å². The van der Waals surface area contributed by atoms with E-state index in [9.17, 15) is 14.4 Å². The quantitative estimate of drug-likeness (QED) is 0.710. The maximum absolute atomic E-state index is 13.1. The second kappa shape index (κ2) is 9.36. The van der Waals surface area contributed by atoms with Crippen molar-refractivity contribution in [3.63, 3.8) is 0 Å². The zero-order valence-corrected chi connectivity index (χ0v) is 17.9. The number of carbonyl (C=O) groups is 1. The van der Waals surface area contributed by atoms with Crippen LogP contribution in [0.1, 0.15) is 18.9 Å². The smallest absolute Gasteiger partial charge is 0.333 e. The zero-order chi connectivity index (χ0) is 21.8. The van der Waals surface area contributed by atoms with Crippen molar-refractivity contribution < 1.29 is 9.53 Å². The molecule has 0 aliphatic carbocycles. The number of rotatable bonds is 6. The molecule has 1 aliphatic heterocycles. The summed E-state index contributed by atoms with van der Waals surface area (Å²) < 4.78 is 7.63. The first-order valence-corrected chi connectivity index (χ1v) is 10.2. The molecule has 1 aromatic carbocycles. The molecule has 0 atom stereocenters. The number of hydrogen-bond acceptors (Lipinski definition) is 6. The Morgan fingerprint density at radius 3 is 2.57 bits per heavy atom. The highest BCUT2D eigenvalue weighted by molar-refractivity contribution is 6.31. The topological polar surface area (TPSA) is 112 Å². The van der Waals surface area contributed by atoms with E-state index < -0.39 is 23.7 Å². The fourth-order valence-electron chi connectivity index (χ4n) is 3.38. The highest BCUT2D eigenvalue weighted by Crippen LogP contribution is 2.20. The van der Waals surface area contributed by atoms with Crippen molar-refractivity contribution in [2.75, 3.05) is 42.3 Å². The number of morpholine rings is 1. The van der Waals surface area contributed by atoms with E-state index in [-0.39, 0.29) is 11.5 Å². The van der Waals surface area contributed by atoms with Gasteiger partial charge in [-0.15, -0.1) is 0 Å². The maximum atomic E-state index is 13.1.